The zero-order valence-corrected chi connectivity index (χ0v) is 16.5. The summed E-state index contributed by atoms with van der Waals surface area (Å²) in [5.41, 5.74) is 9.60. The second-order valence-corrected chi connectivity index (χ2v) is 6.56. The molecule has 29 heavy (non-hydrogen) atoms. The lowest BCUT2D eigenvalue weighted by Crippen LogP contribution is -2.61. The Morgan fingerprint density at radius 3 is 2.38 bits per heavy atom. The molecule has 1 aliphatic rings. The highest BCUT2D eigenvalue weighted by Gasteiger charge is 2.49. The van der Waals surface area contributed by atoms with Gasteiger partial charge in [-0.3, -0.25) is 9.59 Å². The van der Waals surface area contributed by atoms with Gasteiger partial charge in [0.15, 0.2) is 12.2 Å². The van der Waals surface area contributed by atoms with Crippen LogP contribution in [0.5, 0.6) is 0 Å². The van der Waals surface area contributed by atoms with E-state index in [-0.39, 0.29) is 13.2 Å². The average molecular weight is 403 g/mol. The molecule has 1 saturated heterocycles. The fraction of sp³-hybridized carbons (Fsp3) is 0.500. The number of hydrogen-bond donors (Lipinski definition) is 0. The summed E-state index contributed by atoms with van der Waals surface area (Å²) in [5.74, 6) is -1.13. The Bertz CT molecular complexity index is 750. The zero-order valence-electron chi connectivity index (χ0n) is 16.5. The first kappa shape index (κ1) is 22.4. The van der Waals surface area contributed by atoms with Crippen LogP contribution in [-0.2, 0) is 35.1 Å². The minimum Gasteiger partial charge on any atom is -0.456 e. The van der Waals surface area contributed by atoms with Gasteiger partial charge in [-0.25, -0.2) is 0 Å². The molecule has 0 bridgehead atoms. The molecule has 1 aromatic carbocycles. The monoisotopic (exact) mass is 403 g/mol. The SMILES string of the molecule is C=CC[C@H]1O[C@H](CN=[N+]=[N-])[C@H](OC(C)=O)[C@H](OC(C)=O)[C@H]1OCc1ccccc1. The van der Waals surface area contributed by atoms with Gasteiger partial charge in [0.05, 0.1) is 19.3 Å². The zero-order chi connectivity index (χ0) is 21.2. The van der Waals surface area contributed by atoms with Crippen LogP contribution in [-0.4, -0.2) is 49.0 Å². The Labute approximate surface area is 169 Å². The van der Waals surface area contributed by atoms with Crippen molar-refractivity contribution in [3.05, 3.63) is 59.0 Å². The van der Waals surface area contributed by atoms with Crippen molar-refractivity contribution in [2.45, 2.75) is 57.4 Å². The van der Waals surface area contributed by atoms with Gasteiger partial charge in [0.25, 0.3) is 0 Å². The molecule has 0 amide bonds. The Morgan fingerprint density at radius 2 is 1.79 bits per heavy atom. The second-order valence-electron chi connectivity index (χ2n) is 6.56. The van der Waals surface area contributed by atoms with Gasteiger partial charge in [0.2, 0.25) is 0 Å². The van der Waals surface area contributed by atoms with E-state index in [0.717, 1.165) is 5.56 Å². The number of nitrogens with zero attached hydrogens (tertiary/aromatic N) is 3. The molecule has 0 saturated carbocycles. The molecule has 0 spiro atoms. The van der Waals surface area contributed by atoms with Crippen LogP contribution < -0.4 is 0 Å². The number of rotatable bonds is 9. The van der Waals surface area contributed by atoms with E-state index in [4.69, 9.17) is 24.5 Å². The highest BCUT2D eigenvalue weighted by molar-refractivity contribution is 5.67. The summed E-state index contributed by atoms with van der Waals surface area (Å²) >= 11 is 0. The molecule has 1 heterocycles. The van der Waals surface area contributed by atoms with Crippen LogP contribution in [0.3, 0.4) is 0 Å². The molecule has 0 unspecified atom stereocenters. The van der Waals surface area contributed by atoms with E-state index < -0.39 is 42.5 Å². The van der Waals surface area contributed by atoms with Crippen LogP contribution in [0.15, 0.2) is 48.1 Å². The van der Waals surface area contributed by atoms with Gasteiger partial charge in [-0.05, 0) is 17.5 Å². The van der Waals surface area contributed by atoms with E-state index in [0.29, 0.717) is 6.42 Å². The largest absolute Gasteiger partial charge is 0.456 e. The Balaban J connectivity index is 2.34. The smallest absolute Gasteiger partial charge is 0.303 e. The van der Waals surface area contributed by atoms with E-state index in [2.05, 4.69) is 16.6 Å². The van der Waals surface area contributed by atoms with Gasteiger partial charge in [0, 0.05) is 18.8 Å². The Hall–Kier alpha value is -2.87. The van der Waals surface area contributed by atoms with Crippen LogP contribution in [0.25, 0.3) is 10.4 Å². The van der Waals surface area contributed by atoms with Crippen molar-refractivity contribution in [2.24, 2.45) is 5.11 Å². The maximum absolute atomic E-state index is 11.8. The van der Waals surface area contributed by atoms with Crippen LogP contribution in [0.2, 0.25) is 0 Å². The predicted octanol–water partition coefficient (Wildman–Crippen LogP) is 3.09. The number of carbonyl (C=O) groups is 2. The third-order valence-electron chi connectivity index (χ3n) is 4.34. The summed E-state index contributed by atoms with van der Waals surface area (Å²) in [6.45, 7) is 6.39. The lowest BCUT2D eigenvalue weighted by atomic mass is 9.92. The van der Waals surface area contributed by atoms with Crippen molar-refractivity contribution in [3.63, 3.8) is 0 Å². The molecule has 0 aromatic heterocycles. The average Bonchev–Trinajstić information content (AvgIpc) is 2.68. The molecule has 9 heteroatoms. The van der Waals surface area contributed by atoms with Crippen LogP contribution >= 0.6 is 0 Å². The Kier molecular flexibility index (Phi) is 8.67. The van der Waals surface area contributed by atoms with Crippen LogP contribution in [0.4, 0.5) is 0 Å². The van der Waals surface area contributed by atoms with Gasteiger partial charge in [-0.2, -0.15) is 0 Å². The minimum absolute atomic E-state index is 0.0920. The predicted molar refractivity (Wildman–Crippen MR) is 104 cm³/mol. The number of hydrogen-bond acceptors (Lipinski definition) is 7. The van der Waals surface area contributed by atoms with E-state index in [1.807, 2.05) is 30.3 Å². The molecule has 1 fully saturated rings. The maximum atomic E-state index is 11.8. The normalized spacial score (nSPS) is 26.1. The fourth-order valence-corrected chi connectivity index (χ4v) is 3.24. The molecule has 0 aliphatic carbocycles. The molecule has 2 rings (SSSR count). The number of carbonyl (C=O) groups excluding carboxylic acids is 2. The lowest BCUT2D eigenvalue weighted by Gasteiger charge is -2.45. The molecular formula is C20H25N3O6. The first-order valence-electron chi connectivity index (χ1n) is 9.23. The maximum Gasteiger partial charge on any atom is 0.303 e. The summed E-state index contributed by atoms with van der Waals surface area (Å²) in [4.78, 5) is 26.2. The van der Waals surface area contributed by atoms with E-state index in [1.54, 1.807) is 6.08 Å². The van der Waals surface area contributed by atoms with Gasteiger partial charge in [-0.15, -0.1) is 6.58 Å². The summed E-state index contributed by atoms with van der Waals surface area (Å²) in [7, 11) is 0. The molecule has 1 aliphatic heterocycles. The van der Waals surface area contributed by atoms with Gasteiger partial charge in [-0.1, -0.05) is 41.5 Å². The Morgan fingerprint density at radius 1 is 1.14 bits per heavy atom. The number of ether oxygens (including phenoxy) is 4. The first-order valence-corrected chi connectivity index (χ1v) is 9.23. The standard InChI is InChI=1S/C20H25N3O6/c1-4-8-16-18(26-12-15-9-6-5-7-10-15)20(28-14(3)25)19(27-13(2)24)17(29-16)11-22-23-21/h4-7,9-10,16-20H,1,8,11-12H2,2-3H3/t16-,17-,18+,19+,20-/m1/s1. The lowest BCUT2D eigenvalue weighted by molar-refractivity contribution is -0.249. The summed E-state index contributed by atoms with van der Waals surface area (Å²) in [6.07, 6.45) is -1.90. The third kappa shape index (κ3) is 6.60. The number of azide groups is 1. The topological polar surface area (TPSA) is 120 Å². The van der Waals surface area contributed by atoms with Crippen LogP contribution in [0, 0.1) is 0 Å². The van der Waals surface area contributed by atoms with Crippen LogP contribution in [0.1, 0.15) is 25.8 Å². The van der Waals surface area contributed by atoms with Crippen molar-refractivity contribution < 1.29 is 28.5 Å². The second kappa shape index (κ2) is 11.2. The van der Waals surface area contributed by atoms with Crippen molar-refractivity contribution in [2.75, 3.05) is 6.54 Å². The van der Waals surface area contributed by atoms with Crippen molar-refractivity contribution in [1.29, 1.82) is 0 Å². The van der Waals surface area contributed by atoms with E-state index in [9.17, 15) is 9.59 Å². The van der Waals surface area contributed by atoms with E-state index in [1.165, 1.54) is 13.8 Å². The molecule has 1 aromatic rings. The number of esters is 2. The number of benzene rings is 1. The highest BCUT2D eigenvalue weighted by Crippen LogP contribution is 2.31. The summed E-state index contributed by atoms with van der Waals surface area (Å²) in [6, 6.07) is 9.48. The molecule has 156 valence electrons. The van der Waals surface area contributed by atoms with Crippen molar-refractivity contribution >= 4 is 11.9 Å². The first-order chi connectivity index (χ1) is 14.0. The third-order valence-corrected chi connectivity index (χ3v) is 4.34. The fourth-order valence-electron chi connectivity index (χ4n) is 3.24. The quantitative estimate of drug-likeness (QED) is 0.205. The summed E-state index contributed by atoms with van der Waals surface area (Å²) < 4.78 is 23.0. The minimum atomic E-state index is -0.983. The molecule has 0 radical (unpaired) electrons. The van der Waals surface area contributed by atoms with Gasteiger partial charge in [0.1, 0.15) is 12.2 Å². The van der Waals surface area contributed by atoms with Crippen molar-refractivity contribution in [1.82, 2.24) is 0 Å². The molecule has 5 atom stereocenters. The highest BCUT2D eigenvalue weighted by atomic mass is 16.6. The summed E-state index contributed by atoms with van der Waals surface area (Å²) in [5, 5.41) is 3.54. The molecule has 0 N–H and O–H groups in total. The van der Waals surface area contributed by atoms with Gasteiger partial charge < -0.3 is 18.9 Å². The molecular weight excluding hydrogens is 378 g/mol. The van der Waals surface area contributed by atoms with Crippen molar-refractivity contribution in [3.8, 4) is 0 Å². The van der Waals surface area contributed by atoms with E-state index >= 15 is 0 Å². The van der Waals surface area contributed by atoms with Gasteiger partial charge >= 0.3 is 11.9 Å². The molecule has 9 nitrogen and oxygen atoms in total.